The fourth-order valence-electron chi connectivity index (χ4n) is 6.22. The van der Waals surface area contributed by atoms with Crippen molar-refractivity contribution in [2.45, 2.75) is 147 Å². The summed E-state index contributed by atoms with van der Waals surface area (Å²) in [7, 11) is 0. The minimum Gasteiger partial charge on any atom is -0.368 e. The molecule has 0 spiro atoms. The van der Waals surface area contributed by atoms with Gasteiger partial charge in [0.1, 0.15) is 6.04 Å². The number of hydrogen-bond donors (Lipinski definition) is 3. The summed E-state index contributed by atoms with van der Waals surface area (Å²) in [6.07, 6.45) is 23.5. The number of thioether (sulfide) groups is 1. The van der Waals surface area contributed by atoms with Crippen LogP contribution in [-0.2, 0) is 19.2 Å². The van der Waals surface area contributed by atoms with Crippen molar-refractivity contribution in [3.05, 3.63) is 0 Å². The van der Waals surface area contributed by atoms with E-state index in [-0.39, 0.29) is 35.4 Å². The van der Waals surface area contributed by atoms with Crippen LogP contribution in [0.1, 0.15) is 135 Å². The van der Waals surface area contributed by atoms with Crippen molar-refractivity contribution in [3.8, 4) is 0 Å². The van der Waals surface area contributed by atoms with Gasteiger partial charge < -0.3 is 21.3 Å². The largest absolute Gasteiger partial charge is 0.368 e. The van der Waals surface area contributed by atoms with E-state index in [1.807, 2.05) is 6.92 Å². The number of carbonyl (C=O) groups is 4. The summed E-state index contributed by atoms with van der Waals surface area (Å²) in [4.78, 5) is 50.5. The fraction of sp³-hybridized carbons (Fsp3) is 0.875. The standard InChI is InChI=1S/C32H58N4O4S/c1-2-28(32(33)40)36-23-26(22-31(36)39)20-21-34-29(37)24-41-25-30(38)35-27-18-16-14-12-10-8-6-4-3-5-7-9-11-13-15-17-19-27/h26-28H,2-25H2,1H3,(H2,33,40)(H,34,37)(H,35,38)/t26?,28-/m1/s1. The fourth-order valence-corrected chi connectivity index (χ4v) is 6.88. The number of nitrogens with two attached hydrogens (primary N) is 1. The highest BCUT2D eigenvalue weighted by atomic mass is 32.2. The Balaban J connectivity index is 1.62. The van der Waals surface area contributed by atoms with E-state index in [0.29, 0.717) is 38.1 Å². The van der Waals surface area contributed by atoms with Gasteiger partial charge >= 0.3 is 0 Å². The highest BCUT2D eigenvalue weighted by Gasteiger charge is 2.35. The van der Waals surface area contributed by atoms with Crippen LogP contribution in [0.25, 0.3) is 0 Å². The molecule has 2 atom stereocenters. The molecule has 2 aliphatic rings. The predicted octanol–water partition coefficient (Wildman–Crippen LogP) is 5.47. The number of carbonyl (C=O) groups excluding carboxylic acids is 4. The van der Waals surface area contributed by atoms with Gasteiger partial charge in [0.25, 0.3) is 0 Å². The molecule has 0 aromatic carbocycles. The molecule has 8 nitrogen and oxygen atoms in total. The molecule has 0 aromatic rings. The van der Waals surface area contributed by atoms with E-state index in [2.05, 4.69) is 10.6 Å². The van der Waals surface area contributed by atoms with Crippen LogP contribution in [0.15, 0.2) is 0 Å². The first kappa shape index (κ1) is 35.4. The summed E-state index contributed by atoms with van der Waals surface area (Å²) in [6, 6.07) is -0.306. The Labute approximate surface area is 253 Å². The van der Waals surface area contributed by atoms with Gasteiger partial charge in [-0.2, -0.15) is 0 Å². The highest BCUT2D eigenvalue weighted by Crippen LogP contribution is 2.24. The number of primary amides is 1. The number of rotatable bonds is 11. The highest BCUT2D eigenvalue weighted by molar-refractivity contribution is 8.00. The summed E-state index contributed by atoms with van der Waals surface area (Å²) in [5, 5.41) is 6.17. The summed E-state index contributed by atoms with van der Waals surface area (Å²) < 4.78 is 0. The molecule has 1 aliphatic heterocycles. The maximum absolute atomic E-state index is 12.7. The number of hydrogen-bond acceptors (Lipinski definition) is 5. The number of nitrogens with zero attached hydrogens (tertiary/aromatic N) is 1. The molecule has 1 heterocycles. The minimum atomic E-state index is -0.548. The number of likely N-dealkylation sites (tertiary alicyclic amines) is 1. The Morgan fingerprint density at radius 3 is 1.80 bits per heavy atom. The van der Waals surface area contributed by atoms with Gasteiger partial charge in [0.2, 0.25) is 23.6 Å². The van der Waals surface area contributed by atoms with Crippen molar-refractivity contribution in [3.63, 3.8) is 0 Å². The SMILES string of the molecule is CC[C@H](C(N)=O)N1CC(CCNC(=O)CSCC(=O)NC2CCCCCCCCCCCCCCCCC2)CC1=O. The van der Waals surface area contributed by atoms with Gasteiger partial charge in [-0.25, -0.2) is 0 Å². The first-order valence-corrected chi connectivity index (χ1v) is 17.8. The van der Waals surface area contributed by atoms with E-state index in [1.54, 1.807) is 4.90 Å². The molecule has 1 aliphatic carbocycles. The molecule has 1 unspecified atom stereocenters. The van der Waals surface area contributed by atoms with E-state index >= 15 is 0 Å². The van der Waals surface area contributed by atoms with Crippen molar-refractivity contribution in [2.24, 2.45) is 11.7 Å². The van der Waals surface area contributed by atoms with Crippen molar-refractivity contribution < 1.29 is 19.2 Å². The molecule has 2 fully saturated rings. The summed E-state index contributed by atoms with van der Waals surface area (Å²) in [6.45, 7) is 2.83. The molecule has 0 bridgehead atoms. The Morgan fingerprint density at radius 2 is 1.32 bits per heavy atom. The van der Waals surface area contributed by atoms with E-state index in [0.717, 1.165) is 12.8 Å². The quantitative estimate of drug-likeness (QED) is 0.293. The van der Waals surface area contributed by atoms with Crippen LogP contribution in [0.2, 0.25) is 0 Å². The van der Waals surface area contributed by atoms with Crippen LogP contribution in [0.4, 0.5) is 0 Å². The normalized spacial score (nSPS) is 21.9. The number of nitrogens with one attached hydrogen (secondary N) is 2. The zero-order chi connectivity index (χ0) is 29.7. The van der Waals surface area contributed by atoms with Gasteiger partial charge in [-0.1, -0.05) is 103 Å². The molecule has 0 aromatic heterocycles. The van der Waals surface area contributed by atoms with Crippen molar-refractivity contribution in [1.29, 1.82) is 0 Å². The molecule has 236 valence electrons. The Morgan fingerprint density at radius 1 is 0.829 bits per heavy atom. The zero-order valence-electron chi connectivity index (χ0n) is 25.8. The molecule has 41 heavy (non-hydrogen) atoms. The molecule has 2 rings (SSSR count). The van der Waals surface area contributed by atoms with Gasteiger partial charge in [-0.05, 0) is 31.6 Å². The number of amides is 4. The van der Waals surface area contributed by atoms with Crippen molar-refractivity contribution in [2.75, 3.05) is 24.6 Å². The van der Waals surface area contributed by atoms with Crippen LogP contribution in [0.3, 0.4) is 0 Å². The zero-order valence-corrected chi connectivity index (χ0v) is 26.6. The molecule has 0 radical (unpaired) electrons. The van der Waals surface area contributed by atoms with Gasteiger partial charge in [0.15, 0.2) is 0 Å². The molecule has 4 amide bonds. The lowest BCUT2D eigenvalue weighted by Gasteiger charge is -2.24. The maximum atomic E-state index is 12.7. The van der Waals surface area contributed by atoms with Crippen LogP contribution >= 0.6 is 11.8 Å². The Kier molecular flexibility index (Phi) is 18.9. The molecule has 4 N–H and O–H groups in total. The Bertz CT molecular complexity index is 763. The third-order valence-corrected chi connectivity index (χ3v) is 9.57. The molecule has 9 heteroatoms. The summed E-state index contributed by atoms with van der Waals surface area (Å²) >= 11 is 1.35. The first-order chi connectivity index (χ1) is 19.9. The Hall–Kier alpha value is -1.77. The van der Waals surface area contributed by atoms with Crippen molar-refractivity contribution in [1.82, 2.24) is 15.5 Å². The van der Waals surface area contributed by atoms with Crippen molar-refractivity contribution >= 4 is 35.4 Å². The molecule has 1 saturated heterocycles. The summed E-state index contributed by atoms with van der Waals surface area (Å²) in [5.74, 6) is 0.0668. The molecule has 1 saturated carbocycles. The summed E-state index contributed by atoms with van der Waals surface area (Å²) in [5.41, 5.74) is 5.44. The second-order valence-corrected chi connectivity index (χ2v) is 13.2. The predicted molar refractivity (Wildman–Crippen MR) is 168 cm³/mol. The van der Waals surface area contributed by atoms with Gasteiger partial charge in [0, 0.05) is 25.6 Å². The van der Waals surface area contributed by atoms with Gasteiger partial charge in [-0.15, -0.1) is 11.8 Å². The van der Waals surface area contributed by atoms with Crippen LogP contribution in [0, 0.1) is 5.92 Å². The first-order valence-electron chi connectivity index (χ1n) is 16.6. The van der Waals surface area contributed by atoms with E-state index in [9.17, 15) is 19.2 Å². The third-order valence-electron chi connectivity index (χ3n) is 8.64. The second kappa shape index (κ2) is 21.9. The van der Waals surface area contributed by atoms with Gasteiger partial charge in [-0.3, -0.25) is 19.2 Å². The maximum Gasteiger partial charge on any atom is 0.240 e. The topological polar surface area (TPSA) is 122 Å². The van der Waals surface area contributed by atoms with E-state index in [1.165, 1.54) is 108 Å². The van der Waals surface area contributed by atoms with Gasteiger partial charge in [0.05, 0.1) is 11.5 Å². The smallest absolute Gasteiger partial charge is 0.240 e. The average molecular weight is 595 g/mol. The van der Waals surface area contributed by atoms with Crippen LogP contribution < -0.4 is 16.4 Å². The second-order valence-electron chi connectivity index (χ2n) is 12.2. The lowest BCUT2D eigenvalue weighted by molar-refractivity contribution is -0.136. The van der Waals surface area contributed by atoms with E-state index < -0.39 is 11.9 Å². The minimum absolute atomic E-state index is 0.0273. The molecular weight excluding hydrogens is 536 g/mol. The lowest BCUT2D eigenvalue weighted by atomic mass is 9.98. The molecular formula is C32H58N4O4S. The van der Waals surface area contributed by atoms with Crippen LogP contribution in [0.5, 0.6) is 0 Å². The monoisotopic (exact) mass is 594 g/mol. The average Bonchev–Trinajstić information content (AvgIpc) is 3.29. The van der Waals surface area contributed by atoms with E-state index in [4.69, 9.17) is 5.73 Å². The van der Waals surface area contributed by atoms with Crippen LogP contribution in [-0.4, -0.2) is 65.2 Å². The lowest BCUT2D eigenvalue weighted by Crippen LogP contribution is -2.45. The third kappa shape index (κ3) is 15.9.